The Kier molecular flexibility index (Phi) is 9.16. The Morgan fingerprint density at radius 2 is 1.35 bits per heavy atom. The summed E-state index contributed by atoms with van der Waals surface area (Å²) >= 11 is 0. The van der Waals surface area contributed by atoms with Gasteiger partial charge in [-0.1, -0.05) is 0 Å². The van der Waals surface area contributed by atoms with Gasteiger partial charge in [-0.15, -0.1) is 0 Å². The van der Waals surface area contributed by atoms with E-state index in [1.54, 1.807) is 0 Å². The van der Waals surface area contributed by atoms with Gasteiger partial charge in [0.05, 0.1) is 6.04 Å². The molecule has 11 heteroatoms. The van der Waals surface area contributed by atoms with E-state index < -0.39 is 42.7 Å². The molecule has 3 atom stereocenters. The summed E-state index contributed by atoms with van der Waals surface area (Å²) in [7, 11) is 2.74. The highest BCUT2D eigenvalue weighted by Gasteiger charge is 2.35. The van der Waals surface area contributed by atoms with Gasteiger partial charge in [0.15, 0.2) is 18.7 Å². The fourth-order valence-corrected chi connectivity index (χ4v) is 2.07. The lowest BCUT2D eigenvalue weighted by atomic mass is 10.1. The van der Waals surface area contributed by atoms with Crippen molar-refractivity contribution >= 4 is 11.9 Å². The molecule has 0 aromatic rings. The number of aliphatic hydroxyl groups excluding tert-OH is 3. The summed E-state index contributed by atoms with van der Waals surface area (Å²) in [5.41, 5.74) is 0. The molecule has 0 heterocycles. The molecule has 0 radical (unpaired) electrons. The Morgan fingerprint density at radius 1 is 0.870 bits per heavy atom. The first-order valence-corrected chi connectivity index (χ1v) is 6.75. The minimum Gasteiger partial charge on any atom is -0.480 e. The predicted octanol–water partition coefficient (Wildman–Crippen LogP) is -3.87. The quantitative estimate of drug-likeness (QED) is 0.183. The van der Waals surface area contributed by atoms with E-state index in [0.29, 0.717) is 0 Å². The fourth-order valence-electron chi connectivity index (χ4n) is 2.07. The van der Waals surface area contributed by atoms with Crippen molar-refractivity contribution in [2.45, 2.75) is 37.2 Å². The molecule has 0 aliphatic carbocycles. The molecule has 0 aliphatic heterocycles. The highest BCUT2D eigenvalue weighted by molar-refractivity contribution is 5.84. The summed E-state index contributed by atoms with van der Waals surface area (Å²) in [4.78, 5) is 24.3. The van der Waals surface area contributed by atoms with E-state index in [4.69, 9.17) is 20.4 Å². The van der Waals surface area contributed by atoms with Gasteiger partial charge in [0.2, 0.25) is 0 Å². The highest BCUT2D eigenvalue weighted by Crippen LogP contribution is 2.10. The van der Waals surface area contributed by atoms with Crippen LogP contribution in [0.1, 0.15) is 6.42 Å². The van der Waals surface area contributed by atoms with E-state index in [0.717, 1.165) is 4.90 Å². The number of nitrogens with zero attached hydrogens (tertiary/aromatic N) is 2. The number of hydrogen-bond donors (Lipinski definition) is 7. The molecular weight excluding hydrogens is 316 g/mol. The SMILES string of the molecule is CN(CCN(C)C(C(=O)O)C(O)C(=O)O)C(CC(O)O)C(O)O. The smallest absolute Gasteiger partial charge is 0.334 e. The Labute approximate surface area is 132 Å². The molecule has 0 aromatic carbocycles. The van der Waals surface area contributed by atoms with Gasteiger partial charge < -0.3 is 35.7 Å². The van der Waals surface area contributed by atoms with Crippen LogP contribution in [0.3, 0.4) is 0 Å². The van der Waals surface area contributed by atoms with Crippen LogP contribution in [-0.2, 0) is 9.59 Å². The molecule has 0 saturated carbocycles. The van der Waals surface area contributed by atoms with E-state index in [1.807, 2.05) is 0 Å². The molecule has 0 aromatic heterocycles. The minimum absolute atomic E-state index is 0.0252. The van der Waals surface area contributed by atoms with Crippen LogP contribution in [-0.4, -0.2) is 115 Å². The average Bonchev–Trinajstić information content (AvgIpc) is 2.41. The lowest BCUT2D eigenvalue weighted by Gasteiger charge is -2.33. The second-order valence-corrected chi connectivity index (χ2v) is 5.22. The summed E-state index contributed by atoms with van der Waals surface area (Å²) in [6, 6.07) is -2.70. The van der Waals surface area contributed by atoms with E-state index in [-0.39, 0.29) is 19.5 Å². The lowest BCUT2D eigenvalue weighted by Crippen LogP contribution is -2.53. The number of aliphatic hydroxyl groups is 5. The molecule has 3 unspecified atom stereocenters. The highest BCUT2D eigenvalue weighted by atomic mass is 16.5. The number of hydrogen-bond acceptors (Lipinski definition) is 9. The molecule has 0 saturated heterocycles. The van der Waals surface area contributed by atoms with Crippen molar-refractivity contribution in [3.05, 3.63) is 0 Å². The Balaban J connectivity index is 4.78. The van der Waals surface area contributed by atoms with Gasteiger partial charge in [0.1, 0.15) is 6.04 Å². The Bertz CT molecular complexity index is 391. The summed E-state index contributed by atoms with van der Waals surface area (Å²) in [5.74, 6) is -3.20. The maximum atomic E-state index is 11.1. The number of aliphatic carboxylic acids is 2. The average molecular weight is 340 g/mol. The van der Waals surface area contributed by atoms with Crippen molar-refractivity contribution in [2.75, 3.05) is 27.2 Å². The van der Waals surface area contributed by atoms with Crippen LogP contribution in [0.15, 0.2) is 0 Å². The van der Waals surface area contributed by atoms with E-state index in [9.17, 15) is 24.9 Å². The first kappa shape index (κ1) is 21.7. The number of carbonyl (C=O) groups is 2. The van der Waals surface area contributed by atoms with Crippen molar-refractivity contribution in [3.8, 4) is 0 Å². The summed E-state index contributed by atoms with van der Waals surface area (Å²) in [6.45, 7) is 0.0319. The van der Waals surface area contributed by atoms with Crippen molar-refractivity contribution in [2.24, 2.45) is 0 Å². The Morgan fingerprint density at radius 3 is 1.70 bits per heavy atom. The molecule has 0 bridgehead atoms. The summed E-state index contributed by atoms with van der Waals surface area (Å²) in [6.07, 6.45) is -6.09. The monoisotopic (exact) mass is 340 g/mol. The maximum Gasteiger partial charge on any atom is 0.334 e. The first-order valence-electron chi connectivity index (χ1n) is 6.75. The van der Waals surface area contributed by atoms with Crippen molar-refractivity contribution in [3.63, 3.8) is 0 Å². The van der Waals surface area contributed by atoms with Crippen molar-refractivity contribution in [1.29, 1.82) is 0 Å². The zero-order valence-corrected chi connectivity index (χ0v) is 12.8. The fraction of sp³-hybridized carbons (Fsp3) is 0.833. The van der Waals surface area contributed by atoms with Crippen LogP contribution < -0.4 is 0 Å². The predicted molar refractivity (Wildman–Crippen MR) is 75.2 cm³/mol. The zero-order chi connectivity index (χ0) is 18.3. The van der Waals surface area contributed by atoms with Gasteiger partial charge in [-0.25, -0.2) is 4.79 Å². The molecule has 23 heavy (non-hydrogen) atoms. The van der Waals surface area contributed by atoms with Crippen LogP contribution in [0, 0.1) is 0 Å². The largest absolute Gasteiger partial charge is 0.480 e. The van der Waals surface area contributed by atoms with E-state index in [2.05, 4.69) is 0 Å². The maximum absolute atomic E-state index is 11.1. The normalized spacial score (nSPS) is 16.1. The molecule has 0 aliphatic rings. The first-order chi connectivity index (χ1) is 10.5. The number of carboxylic acid groups (broad SMARTS) is 2. The second-order valence-electron chi connectivity index (χ2n) is 5.22. The van der Waals surface area contributed by atoms with Gasteiger partial charge in [0.25, 0.3) is 0 Å². The Hall–Kier alpha value is -1.34. The molecule has 11 nitrogen and oxygen atoms in total. The summed E-state index contributed by atoms with van der Waals surface area (Å²) in [5, 5.41) is 63.4. The van der Waals surface area contributed by atoms with Crippen molar-refractivity contribution in [1.82, 2.24) is 9.80 Å². The molecule has 7 N–H and O–H groups in total. The third-order valence-corrected chi connectivity index (χ3v) is 3.45. The summed E-state index contributed by atoms with van der Waals surface area (Å²) < 4.78 is 0. The van der Waals surface area contributed by atoms with Gasteiger partial charge in [-0.3, -0.25) is 14.6 Å². The van der Waals surface area contributed by atoms with Gasteiger partial charge in [-0.2, -0.15) is 0 Å². The molecule has 0 amide bonds. The molecule has 0 spiro atoms. The van der Waals surface area contributed by atoms with Gasteiger partial charge >= 0.3 is 11.9 Å². The van der Waals surface area contributed by atoms with Gasteiger partial charge in [0, 0.05) is 19.5 Å². The minimum atomic E-state index is -2.12. The molecule has 0 rings (SSSR count). The van der Waals surface area contributed by atoms with Crippen LogP contribution in [0.4, 0.5) is 0 Å². The zero-order valence-electron chi connectivity index (χ0n) is 12.8. The van der Waals surface area contributed by atoms with Crippen LogP contribution in [0.2, 0.25) is 0 Å². The third-order valence-electron chi connectivity index (χ3n) is 3.45. The van der Waals surface area contributed by atoms with E-state index in [1.165, 1.54) is 19.0 Å². The standard InChI is InChI=1S/C12H24N2O9/c1-13(6(10(18)19)5-7(15)16)3-4-14(2)8(11(20)21)9(17)12(22)23/h6-10,15-19H,3-5H2,1-2H3,(H,20,21)(H,22,23). The van der Waals surface area contributed by atoms with Crippen LogP contribution >= 0.6 is 0 Å². The number of likely N-dealkylation sites (N-methyl/N-ethyl adjacent to an activating group) is 2. The molecule has 0 fully saturated rings. The lowest BCUT2D eigenvalue weighted by molar-refractivity contribution is -0.161. The number of carboxylic acids is 2. The van der Waals surface area contributed by atoms with E-state index >= 15 is 0 Å². The second kappa shape index (κ2) is 9.72. The molecule has 136 valence electrons. The third kappa shape index (κ3) is 7.18. The number of rotatable bonds is 11. The molecular formula is C12H24N2O9. The topological polar surface area (TPSA) is 182 Å². The van der Waals surface area contributed by atoms with Crippen LogP contribution in [0.5, 0.6) is 0 Å². The van der Waals surface area contributed by atoms with Crippen LogP contribution in [0.25, 0.3) is 0 Å². The van der Waals surface area contributed by atoms with Gasteiger partial charge in [-0.05, 0) is 14.1 Å². The van der Waals surface area contributed by atoms with Crippen molar-refractivity contribution < 1.29 is 45.3 Å².